The molecule has 0 aliphatic carbocycles. The molecule has 0 heterocycles. The number of hydrogen-bond acceptors (Lipinski definition) is 0. The Bertz CT molecular complexity index is 266. The molecule has 0 spiro atoms. The van der Waals surface area contributed by atoms with E-state index in [1.54, 1.807) is 0 Å². The normalized spacial score (nSPS) is 10.4. The summed E-state index contributed by atoms with van der Waals surface area (Å²) >= 11 is 0. The fourth-order valence-electron chi connectivity index (χ4n) is 1.52. The van der Waals surface area contributed by atoms with E-state index in [0.717, 1.165) is 12.8 Å². The van der Waals surface area contributed by atoms with Gasteiger partial charge in [-0.2, -0.15) is 0 Å². The molecule has 1 rings (SSSR count). The summed E-state index contributed by atoms with van der Waals surface area (Å²) in [6.45, 7) is 4.04. The lowest BCUT2D eigenvalue weighted by Gasteiger charge is -2.06. The zero-order valence-corrected chi connectivity index (χ0v) is 8.44. The molecule has 13 heavy (non-hydrogen) atoms. The standard InChI is InChI=1S/C12H17F/c1-3-11-6-7-12(5-4-8-13)10(2)9-11/h6-7,9H,3-5,8H2,1-2H3. The molecule has 0 radical (unpaired) electrons. The molecule has 0 saturated heterocycles. The molecule has 1 aromatic carbocycles. The molecule has 0 amide bonds. The number of hydrogen-bond donors (Lipinski definition) is 0. The third-order valence-corrected chi connectivity index (χ3v) is 2.39. The van der Waals surface area contributed by atoms with Crippen LogP contribution in [0.5, 0.6) is 0 Å². The number of halogens is 1. The second kappa shape index (κ2) is 5.00. The van der Waals surface area contributed by atoms with Crippen molar-refractivity contribution in [1.29, 1.82) is 0 Å². The maximum absolute atomic E-state index is 12.0. The van der Waals surface area contributed by atoms with Gasteiger partial charge < -0.3 is 0 Å². The Morgan fingerprint density at radius 3 is 2.62 bits per heavy atom. The Morgan fingerprint density at radius 2 is 2.08 bits per heavy atom. The lowest BCUT2D eigenvalue weighted by molar-refractivity contribution is 0.473. The van der Waals surface area contributed by atoms with Crippen molar-refractivity contribution in [3.8, 4) is 0 Å². The number of aryl methyl sites for hydroxylation is 3. The van der Waals surface area contributed by atoms with Crippen LogP contribution in [0.3, 0.4) is 0 Å². The Labute approximate surface area is 79.8 Å². The van der Waals surface area contributed by atoms with Crippen molar-refractivity contribution >= 4 is 0 Å². The molecular weight excluding hydrogens is 163 g/mol. The van der Waals surface area contributed by atoms with E-state index >= 15 is 0 Å². The van der Waals surface area contributed by atoms with Gasteiger partial charge >= 0.3 is 0 Å². The first kappa shape index (κ1) is 10.2. The predicted molar refractivity (Wildman–Crippen MR) is 54.9 cm³/mol. The molecule has 0 atom stereocenters. The van der Waals surface area contributed by atoms with Crippen molar-refractivity contribution < 1.29 is 4.39 Å². The quantitative estimate of drug-likeness (QED) is 0.665. The minimum absolute atomic E-state index is 0.213. The van der Waals surface area contributed by atoms with E-state index in [2.05, 4.69) is 32.0 Å². The second-order valence-electron chi connectivity index (χ2n) is 3.41. The molecule has 0 saturated carbocycles. The van der Waals surface area contributed by atoms with Crippen molar-refractivity contribution in [3.05, 3.63) is 34.9 Å². The van der Waals surface area contributed by atoms with E-state index < -0.39 is 0 Å². The van der Waals surface area contributed by atoms with Crippen LogP contribution in [-0.2, 0) is 12.8 Å². The molecule has 1 heteroatoms. The summed E-state index contributed by atoms with van der Waals surface area (Å²) < 4.78 is 12.0. The van der Waals surface area contributed by atoms with Gasteiger partial charge in [-0.05, 0) is 42.9 Å². The van der Waals surface area contributed by atoms with Crippen LogP contribution < -0.4 is 0 Å². The highest BCUT2D eigenvalue weighted by atomic mass is 19.1. The van der Waals surface area contributed by atoms with E-state index in [-0.39, 0.29) is 6.67 Å². The van der Waals surface area contributed by atoms with Gasteiger partial charge in [0.15, 0.2) is 0 Å². The smallest absolute Gasteiger partial charge is 0.0897 e. The lowest BCUT2D eigenvalue weighted by Crippen LogP contribution is -1.92. The first-order chi connectivity index (χ1) is 6.27. The predicted octanol–water partition coefficient (Wildman–Crippen LogP) is 3.46. The fraction of sp³-hybridized carbons (Fsp3) is 0.500. The van der Waals surface area contributed by atoms with Gasteiger partial charge in [0.1, 0.15) is 0 Å². The summed E-state index contributed by atoms with van der Waals surface area (Å²) in [6.07, 6.45) is 2.59. The van der Waals surface area contributed by atoms with E-state index in [1.807, 2.05) is 0 Å². The van der Waals surface area contributed by atoms with Gasteiger partial charge in [0.25, 0.3) is 0 Å². The molecule has 72 valence electrons. The van der Waals surface area contributed by atoms with E-state index in [0.29, 0.717) is 6.42 Å². The van der Waals surface area contributed by atoms with Gasteiger partial charge in [-0.15, -0.1) is 0 Å². The van der Waals surface area contributed by atoms with Crippen LogP contribution in [0.1, 0.15) is 30.0 Å². The molecule has 1 aromatic rings. The number of benzene rings is 1. The van der Waals surface area contributed by atoms with E-state index in [4.69, 9.17) is 0 Å². The highest BCUT2D eigenvalue weighted by Gasteiger charge is 1.98. The SMILES string of the molecule is CCc1ccc(CCCF)c(C)c1. The zero-order valence-electron chi connectivity index (χ0n) is 8.44. The van der Waals surface area contributed by atoms with Crippen LogP contribution in [0.2, 0.25) is 0 Å². The van der Waals surface area contributed by atoms with Crippen molar-refractivity contribution in [2.24, 2.45) is 0 Å². The summed E-state index contributed by atoms with van der Waals surface area (Å²) in [5.41, 5.74) is 3.95. The van der Waals surface area contributed by atoms with Crippen LogP contribution in [0.25, 0.3) is 0 Å². The molecule has 0 aromatic heterocycles. The minimum Gasteiger partial charge on any atom is -0.251 e. The third-order valence-electron chi connectivity index (χ3n) is 2.39. The minimum atomic E-state index is -0.213. The first-order valence-electron chi connectivity index (χ1n) is 4.92. The van der Waals surface area contributed by atoms with Crippen LogP contribution >= 0.6 is 0 Å². The van der Waals surface area contributed by atoms with E-state index in [1.165, 1.54) is 16.7 Å². The molecule has 0 aliphatic rings. The van der Waals surface area contributed by atoms with Gasteiger partial charge in [0.05, 0.1) is 6.67 Å². The zero-order chi connectivity index (χ0) is 9.68. The van der Waals surface area contributed by atoms with E-state index in [9.17, 15) is 4.39 Å². The van der Waals surface area contributed by atoms with Gasteiger partial charge in [0.2, 0.25) is 0 Å². The molecule has 0 aliphatic heterocycles. The largest absolute Gasteiger partial charge is 0.251 e. The van der Waals surface area contributed by atoms with Crippen molar-refractivity contribution in [3.63, 3.8) is 0 Å². The summed E-state index contributed by atoms with van der Waals surface area (Å²) in [4.78, 5) is 0. The van der Waals surface area contributed by atoms with Crippen LogP contribution in [0, 0.1) is 6.92 Å². The highest BCUT2D eigenvalue weighted by molar-refractivity contribution is 5.31. The van der Waals surface area contributed by atoms with Crippen LogP contribution in [0.15, 0.2) is 18.2 Å². The van der Waals surface area contributed by atoms with Crippen LogP contribution in [-0.4, -0.2) is 6.67 Å². The molecule has 0 unspecified atom stereocenters. The molecule has 0 N–H and O–H groups in total. The Balaban J connectivity index is 2.73. The number of alkyl halides is 1. The summed E-state index contributed by atoms with van der Waals surface area (Å²) in [7, 11) is 0. The second-order valence-corrected chi connectivity index (χ2v) is 3.41. The Hall–Kier alpha value is -0.850. The highest BCUT2D eigenvalue weighted by Crippen LogP contribution is 2.13. The summed E-state index contributed by atoms with van der Waals surface area (Å²) in [5, 5.41) is 0. The molecular formula is C12H17F. The van der Waals surface area contributed by atoms with Gasteiger partial charge in [-0.25, -0.2) is 0 Å². The molecule has 0 bridgehead atoms. The number of rotatable bonds is 4. The topological polar surface area (TPSA) is 0 Å². The van der Waals surface area contributed by atoms with Crippen LogP contribution in [0.4, 0.5) is 4.39 Å². The van der Waals surface area contributed by atoms with Crippen molar-refractivity contribution in [2.45, 2.75) is 33.1 Å². The average Bonchev–Trinajstić information content (AvgIpc) is 2.16. The molecule has 0 fully saturated rings. The monoisotopic (exact) mass is 180 g/mol. The fourth-order valence-corrected chi connectivity index (χ4v) is 1.52. The third kappa shape index (κ3) is 2.83. The van der Waals surface area contributed by atoms with Gasteiger partial charge in [-0.3, -0.25) is 4.39 Å². The maximum atomic E-state index is 12.0. The summed E-state index contributed by atoms with van der Waals surface area (Å²) in [6, 6.07) is 6.47. The van der Waals surface area contributed by atoms with Crippen molar-refractivity contribution in [1.82, 2.24) is 0 Å². The lowest BCUT2D eigenvalue weighted by atomic mass is 10.0. The summed E-state index contributed by atoms with van der Waals surface area (Å²) in [5.74, 6) is 0. The van der Waals surface area contributed by atoms with Gasteiger partial charge in [0, 0.05) is 0 Å². The van der Waals surface area contributed by atoms with Gasteiger partial charge in [-0.1, -0.05) is 25.1 Å². The Kier molecular flexibility index (Phi) is 3.94. The molecule has 0 nitrogen and oxygen atoms in total. The van der Waals surface area contributed by atoms with Crippen molar-refractivity contribution in [2.75, 3.05) is 6.67 Å². The Morgan fingerprint density at radius 1 is 1.31 bits per heavy atom. The first-order valence-corrected chi connectivity index (χ1v) is 4.92. The average molecular weight is 180 g/mol. The maximum Gasteiger partial charge on any atom is 0.0897 e.